The van der Waals surface area contributed by atoms with E-state index in [1.54, 1.807) is 0 Å². The fraction of sp³-hybridized carbons (Fsp3) is 0.462. The second-order valence-corrected chi connectivity index (χ2v) is 4.55. The van der Waals surface area contributed by atoms with E-state index in [1.165, 1.54) is 31.0 Å². The first-order valence-corrected chi connectivity index (χ1v) is 6.21. The molecule has 1 saturated carbocycles. The molecule has 0 aromatic heterocycles. The normalized spacial score (nSPS) is 13.8. The SMILES string of the molecule is N#Cc1ccc([N+](=O)[O-])c(NCCOCC2CC2)c1. The van der Waals surface area contributed by atoms with Crippen LogP contribution in [0.3, 0.4) is 0 Å². The van der Waals surface area contributed by atoms with Crippen LogP contribution >= 0.6 is 0 Å². The van der Waals surface area contributed by atoms with Crippen molar-refractivity contribution < 1.29 is 9.66 Å². The van der Waals surface area contributed by atoms with E-state index in [9.17, 15) is 10.1 Å². The van der Waals surface area contributed by atoms with Crippen LogP contribution in [0.1, 0.15) is 18.4 Å². The summed E-state index contributed by atoms with van der Waals surface area (Å²) in [5, 5.41) is 22.6. The molecule has 19 heavy (non-hydrogen) atoms. The van der Waals surface area contributed by atoms with Gasteiger partial charge in [-0.05, 0) is 30.9 Å². The quantitative estimate of drug-likeness (QED) is 0.462. The number of hydrogen-bond donors (Lipinski definition) is 1. The molecular weight excluding hydrogens is 246 g/mol. The lowest BCUT2D eigenvalue weighted by Gasteiger charge is -2.08. The Hall–Kier alpha value is -2.13. The molecule has 1 aromatic carbocycles. The maximum Gasteiger partial charge on any atom is 0.292 e. The van der Waals surface area contributed by atoms with Gasteiger partial charge in [0.15, 0.2) is 0 Å². The van der Waals surface area contributed by atoms with Crippen molar-refractivity contribution in [2.24, 2.45) is 5.92 Å². The Morgan fingerprint density at radius 1 is 1.53 bits per heavy atom. The molecule has 2 rings (SSSR count). The molecule has 1 N–H and O–H groups in total. The number of rotatable bonds is 7. The fourth-order valence-electron chi connectivity index (χ4n) is 1.70. The van der Waals surface area contributed by atoms with Gasteiger partial charge in [-0.2, -0.15) is 5.26 Å². The van der Waals surface area contributed by atoms with E-state index in [0.717, 1.165) is 6.61 Å². The number of nitrogens with one attached hydrogen (secondary N) is 1. The Morgan fingerprint density at radius 3 is 2.95 bits per heavy atom. The maximum absolute atomic E-state index is 10.9. The molecule has 0 amide bonds. The average Bonchev–Trinajstić information content (AvgIpc) is 3.22. The van der Waals surface area contributed by atoms with Gasteiger partial charge in [0.2, 0.25) is 0 Å². The van der Waals surface area contributed by atoms with Crippen molar-refractivity contribution in [3.05, 3.63) is 33.9 Å². The van der Waals surface area contributed by atoms with Gasteiger partial charge in [-0.25, -0.2) is 0 Å². The first-order chi connectivity index (χ1) is 9.20. The van der Waals surface area contributed by atoms with Crippen LogP contribution in [-0.4, -0.2) is 24.7 Å². The lowest BCUT2D eigenvalue weighted by atomic mass is 10.2. The number of anilines is 1. The monoisotopic (exact) mass is 261 g/mol. The number of nitro groups is 1. The zero-order valence-corrected chi connectivity index (χ0v) is 10.5. The van der Waals surface area contributed by atoms with Gasteiger partial charge in [0.05, 0.1) is 23.2 Å². The summed E-state index contributed by atoms with van der Waals surface area (Å²) < 4.78 is 5.44. The number of benzene rings is 1. The molecule has 1 fully saturated rings. The van der Waals surface area contributed by atoms with Gasteiger partial charge in [-0.15, -0.1) is 0 Å². The first-order valence-electron chi connectivity index (χ1n) is 6.21. The second kappa shape index (κ2) is 6.16. The third-order valence-electron chi connectivity index (χ3n) is 2.93. The summed E-state index contributed by atoms with van der Waals surface area (Å²) in [5.41, 5.74) is 0.729. The largest absolute Gasteiger partial charge is 0.379 e. The third kappa shape index (κ3) is 3.93. The molecule has 0 radical (unpaired) electrons. The van der Waals surface area contributed by atoms with Gasteiger partial charge < -0.3 is 10.1 Å². The minimum atomic E-state index is -0.464. The van der Waals surface area contributed by atoms with E-state index in [2.05, 4.69) is 5.32 Å². The highest BCUT2D eigenvalue weighted by Gasteiger charge is 2.21. The summed E-state index contributed by atoms with van der Waals surface area (Å²) in [5.74, 6) is 0.705. The average molecular weight is 261 g/mol. The summed E-state index contributed by atoms with van der Waals surface area (Å²) in [6.07, 6.45) is 2.48. The lowest BCUT2D eigenvalue weighted by molar-refractivity contribution is -0.384. The molecule has 0 aliphatic heterocycles. The third-order valence-corrected chi connectivity index (χ3v) is 2.93. The van der Waals surface area contributed by atoms with Crippen molar-refractivity contribution in [3.8, 4) is 6.07 Å². The van der Waals surface area contributed by atoms with Crippen molar-refractivity contribution in [1.82, 2.24) is 0 Å². The van der Waals surface area contributed by atoms with Gasteiger partial charge in [0.25, 0.3) is 5.69 Å². The Balaban J connectivity index is 1.89. The highest BCUT2D eigenvalue weighted by atomic mass is 16.6. The van der Waals surface area contributed by atoms with Gasteiger partial charge in [0, 0.05) is 19.2 Å². The number of nitrogens with zero attached hydrogens (tertiary/aromatic N) is 2. The van der Waals surface area contributed by atoms with E-state index >= 15 is 0 Å². The van der Waals surface area contributed by atoms with E-state index in [-0.39, 0.29) is 5.69 Å². The smallest absolute Gasteiger partial charge is 0.292 e. The van der Waals surface area contributed by atoms with Crippen LogP contribution in [0.2, 0.25) is 0 Å². The van der Waals surface area contributed by atoms with Crippen molar-refractivity contribution in [2.75, 3.05) is 25.1 Å². The molecule has 0 atom stereocenters. The number of hydrogen-bond acceptors (Lipinski definition) is 5. The maximum atomic E-state index is 10.9. The van der Waals surface area contributed by atoms with Crippen LogP contribution in [0.4, 0.5) is 11.4 Å². The molecule has 6 nitrogen and oxygen atoms in total. The second-order valence-electron chi connectivity index (χ2n) is 4.55. The van der Waals surface area contributed by atoms with Crippen LogP contribution in [0.5, 0.6) is 0 Å². The molecule has 1 aliphatic carbocycles. The summed E-state index contributed by atoms with van der Waals surface area (Å²) in [6.45, 7) is 1.76. The highest BCUT2D eigenvalue weighted by molar-refractivity contribution is 5.64. The van der Waals surface area contributed by atoms with E-state index in [0.29, 0.717) is 30.3 Å². The zero-order valence-electron chi connectivity index (χ0n) is 10.5. The number of nitro benzene ring substituents is 1. The van der Waals surface area contributed by atoms with Gasteiger partial charge in [-0.1, -0.05) is 0 Å². The molecule has 1 aliphatic rings. The Morgan fingerprint density at radius 2 is 2.32 bits per heavy atom. The Labute approximate surface area is 111 Å². The molecule has 0 unspecified atom stereocenters. The van der Waals surface area contributed by atoms with Crippen molar-refractivity contribution in [1.29, 1.82) is 5.26 Å². The standard InChI is InChI=1S/C13H15N3O3/c14-8-11-3-4-13(16(17)18)12(7-11)15-5-6-19-9-10-1-2-10/h3-4,7,10,15H,1-2,5-6,9H2. The molecule has 0 saturated heterocycles. The van der Waals surface area contributed by atoms with Gasteiger partial charge in [-0.3, -0.25) is 10.1 Å². The molecule has 1 aromatic rings. The predicted molar refractivity (Wildman–Crippen MR) is 69.8 cm³/mol. The number of nitriles is 1. The molecule has 100 valence electrons. The number of ether oxygens (including phenoxy) is 1. The Kier molecular flexibility index (Phi) is 4.31. The van der Waals surface area contributed by atoms with Crippen molar-refractivity contribution in [2.45, 2.75) is 12.8 Å². The van der Waals surface area contributed by atoms with Crippen molar-refractivity contribution in [3.63, 3.8) is 0 Å². The van der Waals surface area contributed by atoms with Gasteiger partial charge in [0.1, 0.15) is 5.69 Å². The van der Waals surface area contributed by atoms with Crippen molar-refractivity contribution >= 4 is 11.4 Å². The van der Waals surface area contributed by atoms with Gasteiger partial charge >= 0.3 is 0 Å². The summed E-state index contributed by atoms with van der Waals surface area (Å²) in [7, 11) is 0. The molecular formula is C13H15N3O3. The Bertz CT molecular complexity index is 506. The first kappa shape index (κ1) is 13.3. The zero-order chi connectivity index (χ0) is 13.7. The molecule has 6 heteroatoms. The van der Waals surface area contributed by atoms with Crippen LogP contribution in [0, 0.1) is 27.4 Å². The fourth-order valence-corrected chi connectivity index (χ4v) is 1.70. The van der Waals surface area contributed by atoms with Crippen LogP contribution in [-0.2, 0) is 4.74 Å². The summed E-state index contributed by atoms with van der Waals surface area (Å²) >= 11 is 0. The van der Waals surface area contributed by atoms with Crippen LogP contribution in [0.25, 0.3) is 0 Å². The van der Waals surface area contributed by atoms with Crippen LogP contribution in [0.15, 0.2) is 18.2 Å². The summed E-state index contributed by atoms with van der Waals surface area (Å²) in [4.78, 5) is 10.4. The van der Waals surface area contributed by atoms with E-state index < -0.39 is 4.92 Å². The topological polar surface area (TPSA) is 88.2 Å². The highest BCUT2D eigenvalue weighted by Crippen LogP contribution is 2.28. The van der Waals surface area contributed by atoms with E-state index in [1.807, 2.05) is 6.07 Å². The van der Waals surface area contributed by atoms with Crippen LogP contribution < -0.4 is 5.32 Å². The lowest BCUT2D eigenvalue weighted by Crippen LogP contribution is -2.11. The summed E-state index contributed by atoms with van der Waals surface area (Å²) in [6, 6.07) is 6.23. The minimum absolute atomic E-state index is 0.0267. The molecule has 0 heterocycles. The molecule has 0 spiro atoms. The molecule has 0 bridgehead atoms. The predicted octanol–water partition coefficient (Wildman–Crippen LogP) is 2.30. The minimum Gasteiger partial charge on any atom is -0.379 e. The van der Waals surface area contributed by atoms with E-state index in [4.69, 9.17) is 10.00 Å².